The Kier molecular flexibility index (Phi) is 7.04. The van der Waals surface area contributed by atoms with Gasteiger partial charge in [-0.05, 0) is 26.5 Å². The van der Waals surface area contributed by atoms with E-state index in [0.717, 1.165) is 12.1 Å². The second-order valence-corrected chi connectivity index (χ2v) is 5.17. The minimum atomic E-state index is -0.120. The fraction of sp³-hybridized carbons (Fsp3) is 0.533. The molecule has 0 fully saturated rings. The first-order chi connectivity index (χ1) is 9.54. The number of amidine groups is 1. The molecule has 0 aromatic heterocycles. The Bertz CT molecular complexity index is 407. The van der Waals surface area contributed by atoms with E-state index in [-0.39, 0.29) is 17.9 Å². The molecule has 0 saturated carbocycles. The molecule has 1 aromatic rings. The lowest BCUT2D eigenvalue weighted by Crippen LogP contribution is -2.34. The maximum Gasteiger partial charge on any atom is 0.147 e. The van der Waals surface area contributed by atoms with Gasteiger partial charge in [0.2, 0.25) is 0 Å². The Hall–Kier alpha value is -1.59. The van der Waals surface area contributed by atoms with Crippen molar-refractivity contribution in [3.05, 3.63) is 35.9 Å². The second kappa shape index (κ2) is 8.55. The predicted octanol–water partition coefficient (Wildman–Crippen LogP) is 1.87. The van der Waals surface area contributed by atoms with Crippen LogP contribution in [-0.4, -0.2) is 48.8 Å². The third-order valence-electron chi connectivity index (χ3n) is 3.09. The van der Waals surface area contributed by atoms with Gasteiger partial charge in [-0.25, -0.2) is 0 Å². The molecule has 0 saturated heterocycles. The van der Waals surface area contributed by atoms with Crippen LogP contribution >= 0.6 is 0 Å². The summed E-state index contributed by atoms with van der Waals surface area (Å²) in [5.41, 5.74) is 6.86. The molecule has 0 aliphatic carbocycles. The first-order valence-electron chi connectivity index (χ1n) is 6.87. The summed E-state index contributed by atoms with van der Waals surface area (Å²) in [6, 6.07) is 9.83. The van der Waals surface area contributed by atoms with Crippen LogP contribution in [0.25, 0.3) is 0 Å². The number of ether oxygens (including phenoxy) is 1. The van der Waals surface area contributed by atoms with Crippen LogP contribution in [-0.2, 0) is 4.74 Å². The van der Waals surface area contributed by atoms with E-state index in [1.807, 2.05) is 51.2 Å². The molecule has 3 N–H and O–H groups in total. The number of benzene rings is 1. The normalized spacial score (nSPS) is 13.9. The number of nitrogens with zero attached hydrogens (tertiary/aromatic N) is 2. The maximum atomic E-state index is 8.95. The zero-order valence-electron chi connectivity index (χ0n) is 12.5. The third-order valence-corrected chi connectivity index (χ3v) is 3.09. The van der Waals surface area contributed by atoms with Crippen LogP contribution in [0.1, 0.15) is 25.3 Å². The fourth-order valence-electron chi connectivity index (χ4n) is 1.97. The van der Waals surface area contributed by atoms with E-state index in [1.54, 1.807) is 0 Å². The van der Waals surface area contributed by atoms with Crippen LogP contribution in [0.3, 0.4) is 0 Å². The van der Waals surface area contributed by atoms with Crippen molar-refractivity contribution < 1.29 is 9.94 Å². The van der Waals surface area contributed by atoms with Crippen LogP contribution in [0.4, 0.5) is 0 Å². The van der Waals surface area contributed by atoms with Gasteiger partial charge < -0.3 is 20.6 Å². The van der Waals surface area contributed by atoms with Gasteiger partial charge in [-0.3, -0.25) is 0 Å². The third kappa shape index (κ3) is 5.59. The highest BCUT2D eigenvalue weighted by Gasteiger charge is 2.18. The van der Waals surface area contributed by atoms with E-state index in [9.17, 15) is 0 Å². The van der Waals surface area contributed by atoms with Crippen molar-refractivity contribution in [2.75, 3.05) is 26.7 Å². The van der Waals surface area contributed by atoms with Crippen molar-refractivity contribution in [3.8, 4) is 0 Å². The van der Waals surface area contributed by atoms with Gasteiger partial charge in [-0.1, -0.05) is 35.5 Å². The zero-order valence-corrected chi connectivity index (χ0v) is 12.5. The highest BCUT2D eigenvalue weighted by molar-refractivity contribution is 5.87. The molecule has 0 aliphatic rings. The molecule has 0 amide bonds. The van der Waals surface area contributed by atoms with Gasteiger partial charge in [0.25, 0.3) is 0 Å². The van der Waals surface area contributed by atoms with Gasteiger partial charge in [-0.15, -0.1) is 0 Å². The number of hydrogen-bond donors (Lipinski definition) is 2. The summed E-state index contributed by atoms with van der Waals surface area (Å²) >= 11 is 0. The van der Waals surface area contributed by atoms with Crippen molar-refractivity contribution in [1.29, 1.82) is 0 Å². The van der Waals surface area contributed by atoms with Gasteiger partial charge in [0, 0.05) is 13.1 Å². The molecule has 5 heteroatoms. The maximum absolute atomic E-state index is 8.95. The summed E-state index contributed by atoms with van der Waals surface area (Å²) in [5.74, 6) is 0.109. The van der Waals surface area contributed by atoms with Crippen LogP contribution in [0, 0.1) is 0 Å². The van der Waals surface area contributed by atoms with E-state index in [0.29, 0.717) is 13.2 Å². The minimum Gasteiger partial charge on any atom is -0.409 e. The van der Waals surface area contributed by atoms with Crippen LogP contribution in [0.5, 0.6) is 0 Å². The molecule has 0 heterocycles. The van der Waals surface area contributed by atoms with Crippen molar-refractivity contribution in [2.45, 2.75) is 25.9 Å². The molecule has 1 unspecified atom stereocenters. The summed E-state index contributed by atoms with van der Waals surface area (Å²) in [6.45, 7) is 6.19. The molecule has 20 heavy (non-hydrogen) atoms. The molecular formula is C15H25N3O2. The first kappa shape index (κ1) is 16.5. The Morgan fingerprint density at radius 3 is 2.55 bits per heavy atom. The molecular weight excluding hydrogens is 254 g/mol. The van der Waals surface area contributed by atoms with Gasteiger partial charge in [0.15, 0.2) is 0 Å². The van der Waals surface area contributed by atoms with Crippen molar-refractivity contribution in [2.24, 2.45) is 10.9 Å². The quantitative estimate of drug-likeness (QED) is 0.330. The fourth-order valence-corrected chi connectivity index (χ4v) is 1.97. The van der Waals surface area contributed by atoms with Gasteiger partial charge in [-0.2, -0.15) is 0 Å². The van der Waals surface area contributed by atoms with Crippen molar-refractivity contribution in [3.63, 3.8) is 0 Å². The van der Waals surface area contributed by atoms with E-state index in [1.165, 1.54) is 0 Å². The molecule has 1 atom stereocenters. The summed E-state index contributed by atoms with van der Waals surface area (Å²) in [6.07, 6.45) is 0.234. The van der Waals surface area contributed by atoms with E-state index < -0.39 is 0 Å². The molecule has 0 aliphatic heterocycles. The monoisotopic (exact) mass is 279 g/mol. The standard InChI is InChI=1S/C15H25N3O2/c1-12(2)20-10-9-18(3)11-14(15(16)17-19)13-7-5-4-6-8-13/h4-8,12,14,19H,9-11H2,1-3H3,(H2,16,17). The SMILES string of the molecule is CC(C)OCCN(C)CC(/C(N)=N/O)c1ccccc1. The number of hydrogen-bond acceptors (Lipinski definition) is 4. The minimum absolute atomic E-state index is 0.120. The first-order valence-corrected chi connectivity index (χ1v) is 6.87. The number of oxime groups is 1. The Balaban J connectivity index is 2.62. The second-order valence-electron chi connectivity index (χ2n) is 5.17. The van der Waals surface area contributed by atoms with E-state index in [4.69, 9.17) is 15.7 Å². The molecule has 0 bridgehead atoms. The van der Waals surface area contributed by atoms with Crippen molar-refractivity contribution >= 4 is 5.84 Å². The highest BCUT2D eigenvalue weighted by atomic mass is 16.5. The van der Waals surface area contributed by atoms with E-state index in [2.05, 4.69) is 10.1 Å². The number of likely N-dealkylation sites (N-methyl/N-ethyl adjacent to an activating group) is 1. The lowest BCUT2D eigenvalue weighted by atomic mass is 9.97. The molecule has 0 spiro atoms. The topological polar surface area (TPSA) is 71.1 Å². The predicted molar refractivity (Wildman–Crippen MR) is 81.2 cm³/mol. The molecule has 1 rings (SSSR count). The summed E-state index contributed by atoms with van der Waals surface area (Å²) in [5, 5.41) is 12.1. The lowest BCUT2D eigenvalue weighted by Gasteiger charge is -2.24. The Morgan fingerprint density at radius 2 is 2.00 bits per heavy atom. The van der Waals surface area contributed by atoms with Crippen molar-refractivity contribution in [1.82, 2.24) is 4.90 Å². The van der Waals surface area contributed by atoms with E-state index >= 15 is 0 Å². The zero-order chi connectivity index (χ0) is 15.0. The average Bonchev–Trinajstić information content (AvgIpc) is 2.44. The molecule has 1 aromatic carbocycles. The highest BCUT2D eigenvalue weighted by Crippen LogP contribution is 2.16. The summed E-state index contributed by atoms with van der Waals surface area (Å²) < 4.78 is 5.53. The molecule has 5 nitrogen and oxygen atoms in total. The average molecular weight is 279 g/mol. The summed E-state index contributed by atoms with van der Waals surface area (Å²) in [4.78, 5) is 2.12. The Morgan fingerprint density at radius 1 is 1.35 bits per heavy atom. The van der Waals surface area contributed by atoms with Crippen LogP contribution in [0.15, 0.2) is 35.5 Å². The van der Waals surface area contributed by atoms with Gasteiger partial charge in [0.1, 0.15) is 5.84 Å². The Labute approximate surface area is 121 Å². The largest absolute Gasteiger partial charge is 0.409 e. The molecule has 0 radical (unpaired) electrons. The van der Waals surface area contributed by atoms with Crippen LogP contribution in [0.2, 0.25) is 0 Å². The number of nitrogens with two attached hydrogens (primary N) is 1. The van der Waals surface area contributed by atoms with Gasteiger partial charge >= 0.3 is 0 Å². The van der Waals surface area contributed by atoms with Gasteiger partial charge in [0.05, 0.1) is 18.6 Å². The summed E-state index contributed by atoms with van der Waals surface area (Å²) in [7, 11) is 2.00. The lowest BCUT2D eigenvalue weighted by molar-refractivity contribution is 0.0636. The number of rotatable bonds is 8. The molecule has 112 valence electrons. The van der Waals surface area contributed by atoms with Crippen LogP contribution < -0.4 is 5.73 Å². The smallest absolute Gasteiger partial charge is 0.147 e.